The van der Waals surface area contributed by atoms with Crippen molar-refractivity contribution in [1.82, 2.24) is 4.72 Å². The molecule has 4 rings (SSSR count). The summed E-state index contributed by atoms with van der Waals surface area (Å²) in [6.45, 7) is 0. The number of ether oxygens (including phenoxy) is 1. The number of fused-ring (bicyclic) bond motifs is 1. The minimum Gasteiger partial charge on any atom is -0.505 e. The van der Waals surface area contributed by atoms with Gasteiger partial charge in [0.1, 0.15) is 5.75 Å². The first-order valence-electron chi connectivity index (χ1n) is 10.9. The molecule has 0 fully saturated rings. The van der Waals surface area contributed by atoms with Crippen LogP contribution in [0.25, 0.3) is 10.8 Å². The lowest BCUT2D eigenvalue weighted by molar-refractivity contribution is -0.384. The maximum absolute atomic E-state index is 12.4. The average Bonchev–Trinajstić information content (AvgIpc) is 2.91. The molecule has 13 heteroatoms. The molecular formula is C25H25N5O7S. The number of amides is 1. The third-order valence-corrected chi connectivity index (χ3v) is 6.84. The lowest BCUT2D eigenvalue weighted by Gasteiger charge is -2.11. The summed E-state index contributed by atoms with van der Waals surface area (Å²) < 4.78 is 29.9. The molecule has 38 heavy (non-hydrogen) atoms. The number of carbonyl (C=O) groups is 1. The van der Waals surface area contributed by atoms with Gasteiger partial charge in [0, 0.05) is 29.3 Å². The highest BCUT2D eigenvalue weighted by Crippen LogP contribution is 2.34. The Bertz CT molecular complexity index is 1610. The van der Waals surface area contributed by atoms with Gasteiger partial charge in [0.05, 0.1) is 33.9 Å². The highest BCUT2D eigenvalue weighted by atomic mass is 32.2. The summed E-state index contributed by atoms with van der Waals surface area (Å²) in [4.78, 5) is 22.6. The van der Waals surface area contributed by atoms with Crippen molar-refractivity contribution in [3.05, 3.63) is 88.5 Å². The van der Waals surface area contributed by atoms with Crippen LogP contribution in [0.2, 0.25) is 0 Å². The molecule has 0 aliphatic rings. The minimum absolute atomic E-state index is 0.0320. The van der Waals surface area contributed by atoms with Gasteiger partial charge < -0.3 is 26.6 Å². The van der Waals surface area contributed by atoms with Crippen LogP contribution in [0.15, 0.2) is 77.7 Å². The number of nitrogens with zero attached hydrogens (tertiary/aromatic N) is 1. The molecule has 198 valence electrons. The van der Waals surface area contributed by atoms with Gasteiger partial charge in [-0.15, -0.1) is 0 Å². The summed E-state index contributed by atoms with van der Waals surface area (Å²) in [6.07, 6.45) is 0. The molecule has 0 radical (unpaired) electrons. The molecule has 4 aromatic carbocycles. The second-order valence-corrected chi connectivity index (χ2v) is 9.66. The van der Waals surface area contributed by atoms with E-state index in [1.165, 1.54) is 56.6 Å². The number of benzene rings is 4. The third kappa shape index (κ3) is 6.08. The van der Waals surface area contributed by atoms with Crippen LogP contribution in [-0.4, -0.2) is 38.5 Å². The number of methoxy groups -OCH3 is 1. The van der Waals surface area contributed by atoms with Crippen LogP contribution in [-0.2, 0) is 10.0 Å². The van der Waals surface area contributed by atoms with Crippen LogP contribution < -0.4 is 26.2 Å². The molecule has 0 saturated carbocycles. The standard InChI is InChI=1S/C17H13N3O4.C8H12N2O3S/c18-15-13-4-2-1-3-10(13)9-14(16(15)21)17(22)19-11-5-7-12(8-6-11)20(23)24;1-10-14(11,12)6-3-4-7(9)8(5-6)13-2/h1-9,21H,18H2,(H,19,22);3-5,10H,9H2,1-2H3. The Labute approximate surface area is 218 Å². The molecule has 0 heterocycles. The summed E-state index contributed by atoms with van der Waals surface area (Å²) in [5, 5.41) is 24.8. The first-order chi connectivity index (χ1) is 18.0. The lowest BCUT2D eigenvalue weighted by atomic mass is 10.0. The topological polar surface area (TPSA) is 200 Å². The molecule has 0 unspecified atom stereocenters. The Hall–Kier alpha value is -4.88. The second kappa shape index (κ2) is 11.5. The van der Waals surface area contributed by atoms with Crippen LogP contribution in [0.1, 0.15) is 10.4 Å². The number of nitrogen functional groups attached to an aromatic ring is 2. The zero-order valence-electron chi connectivity index (χ0n) is 20.3. The third-order valence-electron chi connectivity index (χ3n) is 5.43. The molecule has 12 nitrogen and oxygen atoms in total. The normalized spacial score (nSPS) is 10.8. The van der Waals surface area contributed by atoms with E-state index in [0.717, 1.165) is 5.39 Å². The number of phenols is 1. The van der Waals surface area contributed by atoms with Crippen molar-refractivity contribution >= 4 is 49.5 Å². The quantitative estimate of drug-likeness (QED) is 0.105. The Balaban J connectivity index is 0.000000244. The van der Waals surface area contributed by atoms with Crippen LogP contribution in [0.5, 0.6) is 11.5 Å². The molecular weight excluding hydrogens is 514 g/mol. The highest BCUT2D eigenvalue weighted by molar-refractivity contribution is 7.89. The van der Waals surface area contributed by atoms with Crippen molar-refractivity contribution in [2.24, 2.45) is 0 Å². The second-order valence-electron chi connectivity index (χ2n) is 7.78. The maximum atomic E-state index is 12.4. The van der Waals surface area contributed by atoms with Gasteiger partial charge in [-0.3, -0.25) is 14.9 Å². The Morgan fingerprint density at radius 3 is 2.29 bits per heavy atom. The van der Waals surface area contributed by atoms with Gasteiger partial charge in [-0.2, -0.15) is 0 Å². The molecule has 1 amide bonds. The van der Waals surface area contributed by atoms with E-state index in [1.807, 2.05) is 0 Å². The highest BCUT2D eigenvalue weighted by Gasteiger charge is 2.17. The molecule has 0 aromatic heterocycles. The van der Waals surface area contributed by atoms with Gasteiger partial charge in [-0.25, -0.2) is 13.1 Å². The fourth-order valence-corrected chi connectivity index (χ4v) is 4.12. The van der Waals surface area contributed by atoms with Gasteiger partial charge in [0.15, 0.2) is 5.75 Å². The van der Waals surface area contributed by atoms with Gasteiger partial charge in [0.2, 0.25) is 10.0 Å². The van der Waals surface area contributed by atoms with Crippen molar-refractivity contribution in [1.29, 1.82) is 0 Å². The fourth-order valence-electron chi connectivity index (χ4n) is 3.38. The number of carbonyl (C=O) groups excluding carboxylic acids is 1. The number of hydrogen-bond acceptors (Lipinski definition) is 9. The lowest BCUT2D eigenvalue weighted by Crippen LogP contribution is -2.18. The van der Waals surface area contributed by atoms with E-state index in [1.54, 1.807) is 30.3 Å². The summed E-state index contributed by atoms with van der Waals surface area (Å²) in [5.41, 5.74) is 12.3. The van der Waals surface area contributed by atoms with Crippen molar-refractivity contribution in [3.63, 3.8) is 0 Å². The molecule has 0 aliphatic carbocycles. The largest absolute Gasteiger partial charge is 0.505 e. The molecule has 0 bridgehead atoms. The Morgan fingerprint density at radius 2 is 1.68 bits per heavy atom. The van der Waals surface area contributed by atoms with Gasteiger partial charge in [-0.1, -0.05) is 24.3 Å². The number of nitro groups is 1. The van der Waals surface area contributed by atoms with Crippen molar-refractivity contribution in [2.45, 2.75) is 4.90 Å². The van der Waals surface area contributed by atoms with E-state index in [2.05, 4.69) is 10.0 Å². The first-order valence-corrected chi connectivity index (χ1v) is 12.4. The molecule has 0 aliphatic heterocycles. The van der Waals surface area contributed by atoms with Gasteiger partial charge >= 0.3 is 0 Å². The summed E-state index contributed by atoms with van der Waals surface area (Å²) >= 11 is 0. The number of non-ortho nitro benzene ring substituents is 1. The number of rotatable bonds is 6. The molecule has 0 atom stereocenters. The van der Waals surface area contributed by atoms with Gasteiger partial charge in [-0.05, 0) is 42.8 Å². The number of nitrogens with two attached hydrogens (primary N) is 2. The SMILES string of the molecule is CNS(=O)(=O)c1ccc(N)c(OC)c1.Nc1c(O)c(C(=O)Nc2ccc([N+](=O)[O-])cc2)cc2ccccc12. The van der Waals surface area contributed by atoms with E-state index in [4.69, 9.17) is 16.2 Å². The van der Waals surface area contributed by atoms with E-state index in [-0.39, 0.29) is 27.6 Å². The van der Waals surface area contributed by atoms with Crippen LogP contribution in [0, 0.1) is 10.1 Å². The zero-order valence-corrected chi connectivity index (χ0v) is 21.2. The maximum Gasteiger partial charge on any atom is 0.269 e. The number of nitro benzene ring substituents is 1. The number of phenolic OH excluding ortho intramolecular Hbond substituents is 1. The zero-order chi connectivity index (χ0) is 28.0. The number of aromatic hydroxyl groups is 1. The molecule has 7 N–H and O–H groups in total. The summed E-state index contributed by atoms with van der Waals surface area (Å²) in [6, 6.07) is 18.3. The number of anilines is 3. The molecule has 0 spiro atoms. The van der Waals surface area contributed by atoms with E-state index in [9.17, 15) is 28.4 Å². The Kier molecular flexibility index (Phi) is 8.35. The van der Waals surface area contributed by atoms with Gasteiger partial charge in [0.25, 0.3) is 11.6 Å². The van der Waals surface area contributed by atoms with Crippen molar-refractivity contribution < 1.29 is 28.0 Å². The number of hydrogen-bond donors (Lipinski definition) is 5. The van der Waals surface area contributed by atoms with Crippen LogP contribution in [0.3, 0.4) is 0 Å². The predicted octanol–water partition coefficient (Wildman–Crippen LogP) is 3.47. The average molecular weight is 540 g/mol. The van der Waals surface area contributed by atoms with Crippen molar-refractivity contribution in [2.75, 3.05) is 30.9 Å². The van der Waals surface area contributed by atoms with E-state index in [0.29, 0.717) is 22.5 Å². The minimum atomic E-state index is -3.43. The number of sulfonamides is 1. The smallest absolute Gasteiger partial charge is 0.269 e. The summed E-state index contributed by atoms with van der Waals surface area (Å²) in [5.74, 6) is -0.506. The first kappa shape index (κ1) is 27.7. The predicted molar refractivity (Wildman–Crippen MR) is 145 cm³/mol. The van der Waals surface area contributed by atoms with Crippen molar-refractivity contribution in [3.8, 4) is 11.5 Å². The van der Waals surface area contributed by atoms with Crippen LogP contribution in [0.4, 0.5) is 22.7 Å². The Morgan fingerprint density at radius 1 is 1.03 bits per heavy atom. The van der Waals surface area contributed by atoms with E-state index < -0.39 is 20.9 Å². The molecule has 4 aromatic rings. The monoisotopic (exact) mass is 539 g/mol. The molecule has 0 saturated heterocycles. The fraction of sp³-hybridized carbons (Fsp3) is 0.0800. The number of nitrogens with one attached hydrogen (secondary N) is 2. The van der Waals surface area contributed by atoms with E-state index >= 15 is 0 Å². The summed E-state index contributed by atoms with van der Waals surface area (Å²) in [7, 11) is -0.656. The van der Waals surface area contributed by atoms with Crippen LogP contribution >= 0.6 is 0 Å².